The maximum Gasteiger partial charge on any atom is 0.168 e. The Morgan fingerprint density at radius 1 is 1.00 bits per heavy atom. The van der Waals surface area contributed by atoms with Gasteiger partial charge >= 0.3 is 0 Å². The van der Waals surface area contributed by atoms with Crippen molar-refractivity contribution in [2.24, 2.45) is 0 Å². The van der Waals surface area contributed by atoms with Gasteiger partial charge in [0.25, 0.3) is 0 Å². The second kappa shape index (κ2) is 4.74. The molecule has 2 aromatic carbocycles. The van der Waals surface area contributed by atoms with Crippen LogP contribution in [0.4, 0.5) is 0 Å². The quantitative estimate of drug-likeness (QED) is 0.382. The van der Waals surface area contributed by atoms with Crippen LogP contribution in [0.5, 0.6) is 28.7 Å². The van der Waals surface area contributed by atoms with E-state index in [1.165, 1.54) is 30.3 Å². The van der Waals surface area contributed by atoms with Crippen molar-refractivity contribution in [1.82, 2.24) is 0 Å². The molecule has 3 rings (SSSR count). The molecule has 0 bridgehead atoms. The number of rotatable bonds is 1. The Hall–Kier alpha value is -2.54. The van der Waals surface area contributed by atoms with Crippen molar-refractivity contribution < 1.29 is 30.3 Å². The molecule has 2 aromatic rings. The lowest BCUT2D eigenvalue weighted by Gasteiger charge is -2.40. The van der Waals surface area contributed by atoms with E-state index in [-0.39, 0.29) is 35.2 Å². The summed E-state index contributed by atoms with van der Waals surface area (Å²) in [5.41, 5.74) is -0.326. The number of benzene rings is 2. The van der Waals surface area contributed by atoms with Crippen LogP contribution in [0.15, 0.2) is 30.3 Å². The third-order valence-corrected chi connectivity index (χ3v) is 4.07. The zero-order chi connectivity index (χ0) is 16.1. The van der Waals surface area contributed by atoms with Gasteiger partial charge in [-0.15, -0.1) is 0 Å². The molecule has 0 spiro atoms. The van der Waals surface area contributed by atoms with Crippen LogP contribution >= 0.6 is 0 Å². The van der Waals surface area contributed by atoms with Crippen LogP contribution in [0.25, 0.3) is 0 Å². The Morgan fingerprint density at radius 2 is 1.73 bits per heavy atom. The van der Waals surface area contributed by atoms with Gasteiger partial charge in [0.1, 0.15) is 22.7 Å². The number of aromatic hydroxyl groups is 4. The Balaban J connectivity index is 2.09. The second-order valence-electron chi connectivity index (χ2n) is 5.57. The van der Waals surface area contributed by atoms with Gasteiger partial charge in [0.05, 0.1) is 6.10 Å². The molecule has 7 heteroatoms. The first-order chi connectivity index (χ1) is 10.3. The summed E-state index contributed by atoms with van der Waals surface area (Å²) >= 11 is 0. The average molecular weight is 302 g/mol. The summed E-state index contributed by atoms with van der Waals surface area (Å²) in [4.78, 5) is 0. The van der Waals surface area contributed by atoms with Crippen LogP contribution in [-0.4, -0.2) is 39.5 Å². The summed E-state index contributed by atoms with van der Waals surface area (Å²) in [6, 6.07) is 6.70. The minimum absolute atomic E-state index is 0.125. The van der Waals surface area contributed by atoms with E-state index in [1.807, 2.05) is 0 Å². The highest BCUT2D eigenvalue weighted by Gasteiger charge is 2.42. The number of phenols is 4. The predicted octanol–water partition coefficient (Wildman–Crippen LogP) is 0.291. The van der Waals surface area contributed by atoms with Crippen molar-refractivity contribution in [3.05, 3.63) is 41.5 Å². The molecular formula is C15H15BO6. The van der Waals surface area contributed by atoms with Gasteiger partial charge in [-0.05, 0) is 17.7 Å². The van der Waals surface area contributed by atoms with Gasteiger partial charge in [-0.2, -0.15) is 0 Å². The molecule has 0 aromatic heterocycles. The summed E-state index contributed by atoms with van der Waals surface area (Å²) in [7, 11) is 1.63. The lowest BCUT2D eigenvalue weighted by Crippen LogP contribution is -2.49. The number of aliphatic hydroxyl groups is 1. The summed E-state index contributed by atoms with van der Waals surface area (Å²) in [5.74, 6) is -0.626. The summed E-state index contributed by atoms with van der Waals surface area (Å²) in [6.45, 7) is 0. The smallest absolute Gasteiger partial charge is 0.168 e. The molecule has 1 aliphatic heterocycles. The van der Waals surface area contributed by atoms with Crippen LogP contribution in [0.2, 0.25) is 0 Å². The Bertz CT molecular complexity index is 747. The molecular weight excluding hydrogens is 287 g/mol. The third-order valence-electron chi connectivity index (χ3n) is 4.07. The molecule has 114 valence electrons. The van der Waals surface area contributed by atoms with Gasteiger partial charge in [0, 0.05) is 24.1 Å². The third kappa shape index (κ3) is 2.10. The molecule has 1 heterocycles. The number of hydrogen-bond acceptors (Lipinski definition) is 6. The molecule has 0 amide bonds. The number of aliphatic hydroxyl groups excluding tert-OH is 1. The van der Waals surface area contributed by atoms with E-state index in [0.717, 1.165) is 0 Å². The molecule has 6 nitrogen and oxygen atoms in total. The van der Waals surface area contributed by atoms with Crippen molar-refractivity contribution in [3.8, 4) is 28.7 Å². The van der Waals surface area contributed by atoms with Gasteiger partial charge in [-0.1, -0.05) is 6.07 Å². The molecule has 5 N–H and O–H groups in total. The van der Waals surface area contributed by atoms with Crippen molar-refractivity contribution >= 4 is 7.85 Å². The van der Waals surface area contributed by atoms with Gasteiger partial charge in [0.2, 0.25) is 0 Å². The van der Waals surface area contributed by atoms with Crippen LogP contribution in [0, 0.1) is 0 Å². The van der Waals surface area contributed by atoms with Crippen molar-refractivity contribution in [3.63, 3.8) is 0 Å². The predicted molar refractivity (Wildman–Crippen MR) is 80.1 cm³/mol. The molecule has 0 fully saturated rings. The van der Waals surface area contributed by atoms with E-state index in [2.05, 4.69) is 0 Å². The lowest BCUT2D eigenvalue weighted by atomic mass is 9.68. The fraction of sp³-hybridized carbons (Fsp3) is 0.200. The fourth-order valence-electron chi connectivity index (χ4n) is 2.68. The maximum atomic E-state index is 10.4. The van der Waals surface area contributed by atoms with E-state index < -0.39 is 11.6 Å². The van der Waals surface area contributed by atoms with Crippen molar-refractivity contribution in [2.45, 2.75) is 18.0 Å². The van der Waals surface area contributed by atoms with Gasteiger partial charge in [-0.3, -0.25) is 0 Å². The highest BCUT2D eigenvalue weighted by atomic mass is 16.5. The molecule has 0 aliphatic carbocycles. The largest absolute Gasteiger partial charge is 0.508 e. The van der Waals surface area contributed by atoms with Crippen molar-refractivity contribution in [1.29, 1.82) is 0 Å². The fourth-order valence-corrected chi connectivity index (χ4v) is 2.68. The van der Waals surface area contributed by atoms with E-state index in [1.54, 1.807) is 7.85 Å². The summed E-state index contributed by atoms with van der Waals surface area (Å²) in [6.07, 6.45) is -0.862. The molecule has 0 unspecified atom stereocenters. The van der Waals surface area contributed by atoms with Crippen LogP contribution in [0.1, 0.15) is 11.1 Å². The highest BCUT2D eigenvalue weighted by Crippen LogP contribution is 2.44. The first kappa shape index (κ1) is 14.4. The topological polar surface area (TPSA) is 110 Å². The van der Waals surface area contributed by atoms with Gasteiger partial charge in [-0.25, -0.2) is 0 Å². The van der Waals surface area contributed by atoms with Crippen molar-refractivity contribution in [2.75, 3.05) is 0 Å². The molecule has 0 radical (unpaired) electrons. The van der Waals surface area contributed by atoms with Crippen LogP contribution in [-0.2, 0) is 11.9 Å². The van der Waals surface area contributed by atoms with Gasteiger partial charge < -0.3 is 30.3 Å². The molecule has 0 saturated carbocycles. The second-order valence-corrected chi connectivity index (χ2v) is 5.57. The number of phenolic OH excluding ortho intramolecular Hbond substituents is 4. The molecule has 1 aliphatic rings. The Morgan fingerprint density at radius 3 is 2.41 bits per heavy atom. The summed E-state index contributed by atoms with van der Waals surface area (Å²) in [5, 5.41) is 48.9. The number of hydrogen-bond donors (Lipinski definition) is 5. The monoisotopic (exact) mass is 302 g/mol. The van der Waals surface area contributed by atoms with E-state index in [4.69, 9.17) is 4.74 Å². The normalized spacial score (nSPS) is 23.6. The minimum atomic E-state index is -1.20. The summed E-state index contributed by atoms with van der Waals surface area (Å²) < 4.78 is 5.81. The van der Waals surface area contributed by atoms with E-state index >= 15 is 0 Å². The first-order valence-corrected chi connectivity index (χ1v) is 6.75. The first-order valence-electron chi connectivity index (χ1n) is 6.75. The SMILES string of the molecule is B[C@]1(c2ccc(O)c(O)c2)Oc2cc(O)cc(O)c2C[C@H]1O. The standard InChI is InChI=1S/C15H15BO6/c16-15(7-1-2-10(18)12(20)3-7)14(21)6-9-11(19)4-8(17)5-13(9)22-15/h1-5,14,17-21H,6,16H2/t14-,15-/m1/s1. The average Bonchev–Trinajstić information content (AvgIpc) is 2.44. The Kier molecular flexibility index (Phi) is 3.10. The van der Waals surface area contributed by atoms with E-state index in [9.17, 15) is 25.5 Å². The zero-order valence-corrected chi connectivity index (χ0v) is 11.8. The lowest BCUT2D eigenvalue weighted by molar-refractivity contribution is -0.0132. The van der Waals surface area contributed by atoms with Crippen LogP contribution in [0.3, 0.4) is 0 Å². The Labute approximate surface area is 127 Å². The number of fused-ring (bicyclic) bond motifs is 1. The maximum absolute atomic E-state index is 10.4. The number of ether oxygens (including phenoxy) is 1. The van der Waals surface area contributed by atoms with Crippen LogP contribution < -0.4 is 4.74 Å². The van der Waals surface area contributed by atoms with E-state index in [0.29, 0.717) is 11.1 Å². The minimum Gasteiger partial charge on any atom is -0.508 e. The molecule has 0 saturated heterocycles. The van der Waals surface area contributed by atoms with Gasteiger partial charge in [0.15, 0.2) is 19.3 Å². The molecule has 2 atom stereocenters. The molecule has 22 heavy (non-hydrogen) atoms. The zero-order valence-electron chi connectivity index (χ0n) is 11.8. The highest BCUT2D eigenvalue weighted by molar-refractivity contribution is 6.15.